The van der Waals surface area contributed by atoms with Crippen molar-refractivity contribution in [3.63, 3.8) is 0 Å². The molecule has 0 saturated carbocycles. The van der Waals surface area contributed by atoms with Crippen LogP contribution in [0, 0.1) is 12.7 Å². The molecule has 3 rings (SSSR count). The third-order valence-corrected chi connectivity index (χ3v) is 6.44. The standard InChI is InChI=1S/C25H27ClFN3O3S/c1-18-10-13-34-23(18)16-30(15-19-6-8-21(27)9-7-19)24(31)17-29(11-12-33-2)25(32)28-22-5-3-4-20(26)14-22/h3-10,13-14H,11-12,15-17H2,1-2H3,(H,28,32). The number of nitrogens with zero attached hydrogens (tertiary/aromatic N) is 2. The Bertz CT molecular complexity index is 1110. The molecular formula is C25H27ClFN3O3S. The van der Waals surface area contributed by atoms with Gasteiger partial charge in [-0.05, 0) is 59.8 Å². The smallest absolute Gasteiger partial charge is 0.322 e. The fourth-order valence-electron chi connectivity index (χ4n) is 3.27. The molecule has 0 bridgehead atoms. The molecule has 1 heterocycles. The Morgan fingerprint density at radius 1 is 1.09 bits per heavy atom. The van der Waals surface area contributed by atoms with Gasteiger partial charge in [0.1, 0.15) is 12.4 Å². The van der Waals surface area contributed by atoms with Crippen LogP contribution in [0.2, 0.25) is 5.02 Å². The van der Waals surface area contributed by atoms with Crippen molar-refractivity contribution in [1.29, 1.82) is 0 Å². The molecule has 1 N–H and O–H groups in total. The number of aryl methyl sites for hydroxylation is 1. The van der Waals surface area contributed by atoms with Gasteiger partial charge in [0, 0.05) is 35.8 Å². The lowest BCUT2D eigenvalue weighted by molar-refractivity contribution is -0.133. The summed E-state index contributed by atoms with van der Waals surface area (Å²) in [7, 11) is 1.54. The molecular weight excluding hydrogens is 477 g/mol. The van der Waals surface area contributed by atoms with E-state index in [9.17, 15) is 14.0 Å². The largest absolute Gasteiger partial charge is 0.383 e. The number of hydrogen-bond donors (Lipinski definition) is 1. The van der Waals surface area contributed by atoms with E-state index >= 15 is 0 Å². The molecule has 0 fully saturated rings. The van der Waals surface area contributed by atoms with Gasteiger partial charge < -0.3 is 19.9 Å². The van der Waals surface area contributed by atoms with E-state index in [1.165, 1.54) is 24.1 Å². The summed E-state index contributed by atoms with van der Waals surface area (Å²) < 4.78 is 18.5. The van der Waals surface area contributed by atoms with Crippen LogP contribution >= 0.6 is 22.9 Å². The average Bonchev–Trinajstić information content (AvgIpc) is 3.21. The maximum atomic E-state index is 13.4. The molecule has 9 heteroatoms. The summed E-state index contributed by atoms with van der Waals surface area (Å²) in [6, 6.07) is 14.4. The molecule has 0 saturated heterocycles. The molecule has 2 aromatic carbocycles. The number of carbonyl (C=O) groups is 2. The highest BCUT2D eigenvalue weighted by atomic mass is 35.5. The van der Waals surface area contributed by atoms with Crippen molar-refractivity contribution < 1.29 is 18.7 Å². The van der Waals surface area contributed by atoms with Crippen molar-refractivity contribution >= 4 is 40.6 Å². The Balaban J connectivity index is 1.77. The third kappa shape index (κ3) is 7.55. The number of urea groups is 1. The van der Waals surface area contributed by atoms with Crippen LogP contribution in [0.5, 0.6) is 0 Å². The first-order chi connectivity index (χ1) is 16.4. The number of rotatable bonds is 10. The molecule has 6 nitrogen and oxygen atoms in total. The fourth-order valence-corrected chi connectivity index (χ4v) is 4.38. The minimum atomic E-state index is -0.429. The number of hydrogen-bond acceptors (Lipinski definition) is 4. The Morgan fingerprint density at radius 3 is 2.50 bits per heavy atom. The quantitative estimate of drug-likeness (QED) is 0.394. The number of amides is 3. The number of carbonyl (C=O) groups excluding carboxylic acids is 2. The minimum Gasteiger partial charge on any atom is -0.383 e. The number of benzene rings is 2. The van der Waals surface area contributed by atoms with E-state index in [0.29, 0.717) is 23.8 Å². The van der Waals surface area contributed by atoms with Crippen LogP contribution in [0.3, 0.4) is 0 Å². The molecule has 34 heavy (non-hydrogen) atoms. The average molecular weight is 504 g/mol. The predicted octanol–water partition coefficient (Wildman–Crippen LogP) is 5.56. The Morgan fingerprint density at radius 2 is 1.85 bits per heavy atom. The summed E-state index contributed by atoms with van der Waals surface area (Å²) >= 11 is 7.59. The summed E-state index contributed by atoms with van der Waals surface area (Å²) in [4.78, 5) is 30.5. The number of ether oxygens (including phenoxy) is 1. The van der Waals surface area contributed by atoms with Crippen LogP contribution in [0.25, 0.3) is 0 Å². The zero-order chi connectivity index (χ0) is 24.5. The predicted molar refractivity (Wildman–Crippen MR) is 134 cm³/mol. The van der Waals surface area contributed by atoms with Gasteiger partial charge in [0.05, 0.1) is 13.2 Å². The van der Waals surface area contributed by atoms with Crippen LogP contribution in [-0.4, -0.2) is 48.5 Å². The summed E-state index contributed by atoms with van der Waals surface area (Å²) in [5.74, 6) is -0.561. The van der Waals surface area contributed by atoms with Crippen LogP contribution in [0.4, 0.5) is 14.9 Å². The van der Waals surface area contributed by atoms with Crippen LogP contribution in [0.1, 0.15) is 16.0 Å². The lowest BCUT2D eigenvalue weighted by Gasteiger charge is -2.28. The van der Waals surface area contributed by atoms with Crippen molar-refractivity contribution in [1.82, 2.24) is 9.80 Å². The second-order valence-corrected chi connectivity index (χ2v) is 9.20. The van der Waals surface area contributed by atoms with E-state index in [-0.39, 0.29) is 31.4 Å². The second-order valence-electron chi connectivity index (χ2n) is 7.76. The van der Waals surface area contributed by atoms with E-state index in [4.69, 9.17) is 16.3 Å². The first-order valence-corrected chi connectivity index (χ1v) is 12.0. The number of halogens is 2. The van der Waals surface area contributed by atoms with E-state index in [2.05, 4.69) is 5.32 Å². The molecule has 0 aliphatic carbocycles. The molecule has 0 spiro atoms. The lowest BCUT2D eigenvalue weighted by Crippen LogP contribution is -2.45. The van der Waals surface area contributed by atoms with Gasteiger partial charge in [0.2, 0.25) is 5.91 Å². The van der Waals surface area contributed by atoms with Crippen molar-refractivity contribution in [2.45, 2.75) is 20.0 Å². The van der Waals surface area contributed by atoms with E-state index < -0.39 is 6.03 Å². The zero-order valence-corrected chi connectivity index (χ0v) is 20.7. The van der Waals surface area contributed by atoms with Crippen LogP contribution in [-0.2, 0) is 22.6 Å². The van der Waals surface area contributed by atoms with E-state index in [1.54, 1.807) is 52.6 Å². The van der Waals surface area contributed by atoms with E-state index in [0.717, 1.165) is 16.0 Å². The zero-order valence-electron chi connectivity index (χ0n) is 19.1. The molecule has 0 atom stereocenters. The van der Waals surface area contributed by atoms with Gasteiger partial charge in [-0.1, -0.05) is 29.8 Å². The third-order valence-electron chi connectivity index (χ3n) is 5.20. The van der Waals surface area contributed by atoms with Crippen molar-refractivity contribution in [2.24, 2.45) is 0 Å². The molecule has 0 radical (unpaired) electrons. The van der Waals surface area contributed by atoms with Crippen molar-refractivity contribution in [2.75, 3.05) is 32.1 Å². The van der Waals surface area contributed by atoms with Gasteiger partial charge >= 0.3 is 6.03 Å². The second kappa shape index (κ2) is 12.5. The van der Waals surface area contributed by atoms with Gasteiger partial charge in [0.15, 0.2) is 0 Å². The topological polar surface area (TPSA) is 61.9 Å². The van der Waals surface area contributed by atoms with Gasteiger partial charge in [-0.3, -0.25) is 4.79 Å². The van der Waals surface area contributed by atoms with Gasteiger partial charge in [0.25, 0.3) is 0 Å². The first kappa shape index (κ1) is 25.7. The minimum absolute atomic E-state index is 0.138. The molecule has 180 valence electrons. The number of thiophene rings is 1. The molecule has 0 aliphatic rings. The Labute approximate surface area is 207 Å². The monoisotopic (exact) mass is 503 g/mol. The summed E-state index contributed by atoms with van der Waals surface area (Å²) in [5, 5.41) is 5.26. The highest BCUT2D eigenvalue weighted by Crippen LogP contribution is 2.20. The van der Waals surface area contributed by atoms with Gasteiger partial charge in [-0.2, -0.15) is 0 Å². The summed E-state index contributed by atoms with van der Waals surface area (Å²) in [6.45, 7) is 3.06. The Hall–Kier alpha value is -2.94. The molecule has 0 unspecified atom stereocenters. The fraction of sp³-hybridized carbons (Fsp3) is 0.280. The number of methoxy groups -OCH3 is 1. The van der Waals surface area contributed by atoms with Crippen molar-refractivity contribution in [3.05, 3.63) is 86.8 Å². The molecule has 3 amide bonds. The maximum absolute atomic E-state index is 13.4. The van der Waals surface area contributed by atoms with Crippen LogP contribution < -0.4 is 5.32 Å². The number of nitrogens with one attached hydrogen (secondary N) is 1. The first-order valence-electron chi connectivity index (χ1n) is 10.7. The normalized spacial score (nSPS) is 10.7. The highest BCUT2D eigenvalue weighted by Gasteiger charge is 2.23. The molecule has 3 aromatic rings. The molecule has 0 aliphatic heterocycles. The maximum Gasteiger partial charge on any atom is 0.322 e. The summed E-state index contributed by atoms with van der Waals surface area (Å²) in [6.07, 6.45) is 0. The summed E-state index contributed by atoms with van der Waals surface area (Å²) in [5.41, 5.74) is 2.43. The van der Waals surface area contributed by atoms with Crippen LogP contribution in [0.15, 0.2) is 60.0 Å². The lowest BCUT2D eigenvalue weighted by atomic mass is 10.2. The van der Waals surface area contributed by atoms with Crippen molar-refractivity contribution in [3.8, 4) is 0 Å². The number of anilines is 1. The van der Waals surface area contributed by atoms with Gasteiger partial charge in [-0.25, -0.2) is 9.18 Å². The Kier molecular flexibility index (Phi) is 9.44. The highest BCUT2D eigenvalue weighted by molar-refractivity contribution is 7.10. The van der Waals surface area contributed by atoms with E-state index in [1.807, 2.05) is 18.4 Å². The SMILES string of the molecule is COCCN(CC(=O)N(Cc1ccc(F)cc1)Cc1sccc1C)C(=O)Nc1cccc(Cl)c1. The molecule has 1 aromatic heterocycles. The van der Waals surface area contributed by atoms with Gasteiger partial charge in [-0.15, -0.1) is 11.3 Å².